The van der Waals surface area contributed by atoms with E-state index in [9.17, 15) is 14.7 Å². The van der Waals surface area contributed by atoms with E-state index >= 15 is 8.78 Å². The molecule has 2 aliphatic rings. The topological polar surface area (TPSA) is 147 Å². The Bertz CT molecular complexity index is 2130. The van der Waals surface area contributed by atoms with Crippen LogP contribution in [0.2, 0.25) is 0 Å². The minimum Gasteiger partial charge on any atom is -1.00 e. The number of aromatic nitrogens is 5. The third kappa shape index (κ3) is 8.38. The summed E-state index contributed by atoms with van der Waals surface area (Å²) in [4.78, 5) is 42.9. The fourth-order valence-electron chi connectivity index (χ4n) is 7.52. The summed E-state index contributed by atoms with van der Waals surface area (Å²) in [6.45, 7) is 6.86. The molecule has 13 nitrogen and oxygen atoms in total. The molecule has 0 spiro atoms. The number of carbonyl (C=O) groups excluding carboxylic acids is 1. The summed E-state index contributed by atoms with van der Waals surface area (Å²) < 4.78 is 38.3. The molecule has 2 saturated heterocycles. The van der Waals surface area contributed by atoms with E-state index < -0.39 is 17.7 Å². The summed E-state index contributed by atoms with van der Waals surface area (Å²) in [7, 11) is 2.27. The van der Waals surface area contributed by atoms with Crippen molar-refractivity contribution in [1.29, 1.82) is 0 Å². The Labute approximate surface area is 328 Å². The van der Waals surface area contributed by atoms with E-state index in [1.165, 1.54) is 41.8 Å². The van der Waals surface area contributed by atoms with Crippen molar-refractivity contribution in [2.45, 2.75) is 32.6 Å². The van der Waals surface area contributed by atoms with Gasteiger partial charge in [0.15, 0.2) is 23.0 Å². The number of hydrogen-bond donors (Lipinski definition) is 3. The third-order valence-electron chi connectivity index (χ3n) is 10.4. The highest BCUT2D eigenvalue weighted by atomic mass is 127. The van der Waals surface area contributed by atoms with E-state index in [1.807, 2.05) is 19.1 Å². The fourth-order valence-corrected chi connectivity index (χ4v) is 7.52. The Kier molecular flexibility index (Phi) is 11.9. The minimum absolute atomic E-state index is 0. The zero-order valence-corrected chi connectivity index (χ0v) is 32.2. The number of amides is 2. The van der Waals surface area contributed by atoms with Crippen molar-refractivity contribution in [3.8, 4) is 23.0 Å². The first kappa shape index (κ1) is 38.7. The van der Waals surface area contributed by atoms with Gasteiger partial charge in [-0.1, -0.05) is 6.92 Å². The molecule has 0 bridgehead atoms. The van der Waals surface area contributed by atoms with Gasteiger partial charge >= 0.3 is 12.1 Å². The number of carboxylic acid groups (broad SMARTS) is 1. The van der Waals surface area contributed by atoms with Crippen molar-refractivity contribution in [3.05, 3.63) is 90.1 Å². The molecule has 1 atom stereocenters. The third-order valence-corrected chi connectivity index (χ3v) is 10.4. The maximum Gasteiger partial charge on any atom is 0.407 e. The van der Waals surface area contributed by atoms with Gasteiger partial charge in [-0.3, -0.25) is 9.20 Å². The molecule has 2 amide bonds. The van der Waals surface area contributed by atoms with Crippen molar-refractivity contribution in [2.75, 3.05) is 51.6 Å². The number of nitrogens with zero attached hydrogens (tertiary/aromatic N) is 7. The Morgan fingerprint density at radius 3 is 2.50 bits per heavy atom. The molecule has 16 heteroatoms. The zero-order chi connectivity index (χ0) is 37.1. The lowest BCUT2D eigenvalue weighted by Crippen LogP contribution is -3.00. The van der Waals surface area contributed by atoms with Gasteiger partial charge in [0.25, 0.3) is 5.91 Å². The van der Waals surface area contributed by atoms with E-state index in [2.05, 4.69) is 37.6 Å². The largest absolute Gasteiger partial charge is 1.00 e. The number of aryl methyl sites for hydroxylation is 1. The van der Waals surface area contributed by atoms with Crippen LogP contribution in [0.4, 0.5) is 25.1 Å². The number of likely N-dealkylation sites (tertiary alicyclic amines) is 2. The number of piperidine rings is 1. The summed E-state index contributed by atoms with van der Waals surface area (Å²) in [6, 6.07) is 9.72. The van der Waals surface area contributed by atoms with Crippen LogP contribution in [0.5, 0.6) is 11.8 Å². The van der Waals surface area contributed by atoms with Gasteiger partial charge in [0.05, 0.1) is 38.6 Å². The molecular formula is C38H42F2IN9O4. The number of carbonyl (C=O) groups is 2. The number of ether oxygens (including phenoxy) is 1. The number of imidazole rings is 1. The summed E-state index contributed by atoms with van der Waals surface area (Å²) in [5.74, 6) is -1.56. The van der Waals surface area contributed by atoms with Crippen molar-refractivity contribution in [3.63, 3.8) is 0 Å². The maximum absolute atomic E-state index is 15.4. The highest BCUT2D eigenvalue weighted by Gasteiger charge is 2.36. The number of hydrogen-bond acceptors (Lipinski definition) is 8. The molecular weight excluding hydrogens is 811 g/mol. The Hall–Kier alpha value is -4.97. The van der Waals surface area contributed by atoms with E-state index in [1.54, 1.807) is 22.7 Å². The standard InChI is InChI=1S/C38H41F2N9O4.HI/c1-3-26-19-27(5-6-28(26)36(50)45-20-24-10-17-49(2,18-11-24)23-25-9-15-47(22-25)38(51)52)46-34-35-44-21-30(48(35)16-14-41-34)29-7-8-31(33(40)32(29)39)53-37-42-12-4-13-43-37;/h4-8,12-14,16,19,21,24-25H,3,9-11,15,17-18,20,22-23H2,1-2H3,(H2-,41,45,46,50,51,52);1H. The van der Waals surface area contributed by atoms with Gasteiger partial charge in [-0.25, -0.2) is 29.1 Å². The minimum atomic E-state index is -1.18. The summed E-state index contributed by atoms with van der Waals surface area (Å²) in [6.07, 6.45) is 10.2. The van der Waals surface area contributed by atoms with Crippen LogP contribution in [0, 0.1) is 23.5 Å². The normalized spacial score (nSPS) is 19.7. The molecule has 1 unspecified atom stereocenters. The highest BCUT2D eigenvalue weighted by Crippen LogP contribution is 2.33. The highest BCUT2D eigenvalue weighted by molar-refractivity contribution is 5.96. The molecule has 0 radical (unpaired) electrons. The van der Waals surface area contributed by atoms with Crippen LogP contribution in [-0.4, -0.2) is 97.1 Å². The summed E-state index contributed by atoms with van der Waals surface area (Å²) in [5, 5.41) is 15.7. The first-order valence-corrected chi connectivity index (χ1v) is 17.9. The number of anilines is 2. The zero-order valence-electron chi connectivity index (χ0n) is 30.0. The average Bonchev–Trinajstić information content (AvgIpc) is 3.82. The second kappa shape index (κ2) is 16.6. The number of rotatable bonds is 11. The Morgan fingerprint density at radius 2 is 1.78 bits per heavy atom. The van der Waals surface area contributed by atoms with Gasteiger partial charge in [0.2, 0.25) is 5.82 Å². The van der Waals surface area contributed by atoms with E-state index in [0.29, 0.717) is 66.3 Å². The number of quaternary nitrogens is 1. The monoisotopic (exact) mass is 853 g/mol. The number of fused-ring (bicyclic) bond motifs is 1. The summed E-state index contributed by atoms with van der Waals surface area (Å²) in [5.41, 5.74) is 2.86. The molecule has 2 fully saturated rings. The Morgan fingerprint density at radius 1 is 1.00 bits per heavy atom. The van der Waals surface area contributed by atoms with Crippen LogP contribution in [0.25, 0.3) is 16.9 Å². The quantitative estimate of drug-likeness (QED) is 0.135. The van der Waals surface area contributed by atoms with Gasteiger partial charge in [-0.2, -0.15) is 4.39 Å². The lowest BCUT2D eigenvalue weighted by molar-refractivity contribution is -0.918. The molecule has 2 aromatic carbocycles. The SMILES string of the molecule is CCc1cc(Nc2nccn3c(-c4ccc(Oc5ncccn5)c(F)c4F)cnc23)ccc1C(=O)NCC1CC[N+](C)(CC2CCN(C(=O)O)C2)CC1.[I-]. The van der Waals surface area contributed by atoms with Gasteiger partial charge in [-0.15, -0.1) is 0 Å². The summed E-state index contributed by atoms with van der Waals surface area (Å²) >= 11 is 0. The number of nitrogens with one attached hydrogen (secondary N) is 2. The van der Waals surface area contributed by atoms with Crippen LogP contribution >= 0.6 is 0 Å². The molecule has 7 rings (SSSR count). The van der Waals surface area contributed by atoms with Gasteiger partial charge in [0, 0.05) is 80.0 Å². The van der Waals surface area contributed by atoms with Crippen molar-refractivity contribution in [2.24, 2.45) is 11.8 Å². The van der Waals surface area contributed by atoms with Gasteiger partial charge < -0.3 is 53.8 Å². The average molecular weight is 854 g/mol. The van der Waals surface area contributed by atoms with Crippen LogP contribution in [0.3, 0.4) is 0 Å². The van der Waals surface area contributed by atoms with Crippen LogP contribution < -0.4 is 39.3 Å². The molecule has 0 saturated carbocycles. The molecule has 284 valence electrons. The lowest BCUT2D eigenvalue weighted by Gasteiger charge is -2.42. The van der Waals surface area contributed by atoms with Crippen LogP contribution in [-0.2, 0) is 6.42 Å². The van der Waals surface area contributed by atoms with Crippen LogP contribution in [0.15, 0.2) is 67.4 Å². The predicted molar refractivity (Wildman–Crippen MR) is 193 cm³/mol. The molecule has 5 aromatic rings. The molecule has 5 heterocycles. The molecule has 3 N–H and O–H groups in total. The molecule has 0 aliphatic carbocycles. The Balaban J connectivity index is 0.00000497. The fraction of sp³-hybridized carbons (Fsp3) is 0.368. The molecule has 3 aromatic heterocycles. The predicted octanol–water partition coefficient (Wildman–Crippen LogP) is 3.15. The van der Waals surface area contributed by atoms with Crippen LogP contribution in [0.1, 0.15) is 42.1 Å². The number of halogens is 3. The smallest absolute Gasteiger partial charge is 0.407 e. The second-order valence-electron chi connectivity index (χ2n) is 14.1. The van der Waals surface area contributed by atoms with Gasteiger partial charge in [-0.05, 0) is 60.7 Å². The maximum atomic E-state index is 15.4. The van der Waals surface area contributed by atoms with E-state index in [0.717, 1.165) is 48.9 Å². The van der Waals surface area contributed by atoms with E-state index in [4.69, 9.17) is 4.74 Å². The van der Waals surface area contributed by atoms with Crippen molar-refractivity contribution < 1.29 is 56.7 Å². The van der Waals surface area contributed by atoms with E-state index in [-0.39, 0.29) is 47.2 Å². The second-order valence-corrected chi connectivity index (χ2v) is 14.1. The lowest BCUT2D eigenvalue weighted by atomic mass is 9.93. The number of benzene rings is 2. The molecule has 2 aliphatic heterocycles. The van der Waals surface area contributed by atoms with Crippen molar-refractivity contribution in [1.82, 2.24) is 34.6 Å². The van der Waals surface area contributed by atoms with Crippen molar-refractivity contribution >= 4 is 29.2 Å². The first-order valence-electron chi connectivity index (χ1n) is 17.9. The van der Waals surface area contributed by atoms with Gasteiger partial charge in [0.1, 0.15) is 0 Å². The molecule has 54 heavy (non-hydrogen) atoms. The first-order chi connectivity index (χ1) is 25.6.